The van der Waals surface area contributed by atoms with Crippen LogP contribution in [0.3, 0.4) is 0 Å². The number of nitrogens with one attached hydrogen (secondary N) is 1. The van der Waals surface area contributed by atoms with Gasteiger partial charge in [-0.25, -0.2) is 0 Å². The first kappa shape index (κ1) is 19.7. The van der Waals surface area contributed by atoms with Crippen molar-refractivity contribution in [3.63, 3.8) is 0 Å². The summed E-state index contributed by atoms with van der Waals surface area (Å²) in [6.07, 6.45) is 0.000844. The van der Waals surface area contributed by atoms with Crippen molar-refractivity contribution in [3.8, 4) is 11.5 Å². The Hall–Kier alpha value is -3.06. The number of anilines is 1. The van der Waals surface area contributed by atoms with Crippen LogP contribution in [0.1, 0.15) is 12.0 Å². The third-order valence-electron chi connectivity index (χ3n) is 4.63. The van der Waals surface area contributed by atoms with Crippen LogP contribution in [0, 0.1) is 0 Å². The summed E-state index contributed by atoms with van der Waals surface area (Å²) in [6, 6.07) is 14.3. The van der Waals surface area contributed by atoms with Crippen LogP contribution < -0.4 is 14.8 Å². The summed E-state index contributed by atoms with van der Waals surface area (Å²) in [6.45, 7) is 1.50. The van der Waals surface area contributed by atoms with Gasteiger partial charge in [0.15, 0.2) is 0 Å². The van der Waals surface area contributed by atoms with Gasteiger partial charge in [0.2, 0.25) is 5.91 Å². The molecule has 28 heavy (non-hydrogen) atoms. The highest BCUT2D eigenvalue weighted by Gasteiger charge is 2.33. The number of cyclic esters (lactones) is 1. The molecule has 0 aromatic heterocycles. The molecule has 0 bridgehead atoms. The average molecular weight is 384 g/mol. The van der Waals surface area contributed by atoms with Crippen molar-refractivity contribution in [2.45, 2.75) is 19.0 Å². The lowest BCUT2D eigenvalue weighted by atomic mass is 10.1. The lowest BCUT2D eigenvalue weighted by Gasteiger charge is -2.33. The first-order valence-electron chi connectivity index (χ1n) is 9.07. The fourth-order valence-corrected chi connectivity index (χ4v) is 3.16. The predicted octanol–water partition coefficient (Wildman–Crippen LogP) is 2.46. The number of ether oxygens (including phenoxy) is 3. The number of amides is 1. The number of hydrogen-bond donors (Lipinski definition) is 1. The van der Waals surface area contributed by atoms with Gasteiger partial charge in [-0.2, -0.15) is 0 Å². The zero-order valence-corrected chi connectivity index (χ0v) is 16.0. The third-order valence-corrected chi connectivity index (χ3v) is 4.63. The van der Waals surface area contributed by atoms with Crippen molar-refractivity contribution in [3.05, 3.63) is 54.1 Å². The van der Waals surface area contributed by atoms with E-state index in [1.54, 1.807) is 25.3 Å². The van der Waals surface area contributed by atoms with Crippen LogP contribution in [0.4, 0.5) is 5.69 Å². The third kappa shape index (κ3) is 4.80. The van der Waals surface area contributed by atoms with Crippen molar-refractivity contribution in [2.24, 2.45) is 0 Å². The van der Waals surface area contributed by atoms with Gasteiger partial charge in [-0.1, -0.05) is 30.3 Å². The van der Waals surface area contributed by atoms with Crippen molar-refractivity contribution in [2.75, 3.05) is 32.7 Å². The highest BCUT2D eigenvalue weighted by Crippen LogP contribution is 2.29. The molecular formula is C21H24N2O5. The standard InChI is InChI=1S/C21H24N2O5/c1-26-16-8-9-17(19(12-16)27-2)22-20(24)13-18-21(25)28-11-10-23(18)14-15-6-4-3-5-7-15/h3-9,12,18H,10-11,13-14H2,1-2H3,(H,22,24)/t18-/m0/s1. The monoisotopic (exact) mass is 384 g/mol. The maximum Gasteiger partial charge on any atom is 0.323 e. The first-order chi connectivity index (χ1) is 13.6. The molecule has 2 aromatic rings. The smallest absolute Gasteiger partial charge is 0.323 e. The number of nitrogens with zero attached hydrogens (tertiary/aromatic N) is 1. The van der Waals surface area contributed by atoms with E-state index in [1.165, 1.54) is 7.11 Å². The van der Waals surface area contributed by atoms with Crippen LogP contribution in [-0.4, -0.2) is 50.2 Å². The minimum Gasteiger partial charge on any atom is -0.497 e. The molecule has 1 saturated heterocycles. The SMILES string of the molecule is COc1ccc(NC(=O)C[C@H]2C(=O)OCCN2Cc2ccccc2)c(OC)c1. The Balaban J connectivity index is 1.69. The van der Waals surface area contributed by atoms with Gasteiger partial charge in [0.1, 0.15) is 24.1 Å². The first-order valence-corrected chi connectivity index (χ1v) is 9.07. The molecule has 7 heteroatoms. The fourth-order valence-electron chi connectivity index (χ4n) is 3.16. The van der Waals surface area contributed by atoms with Gasteiger partial charge in [0, 0.05) is 19.2 Å². The molecule has 0 unspecified atom stereocenters. The van der Waals surface area contributed by atoms with E-state index in [9.17, 15) is 9.59 Å². The maximum atomic E-state index is 12.6. The van der Waals surface area contributed by atoms with E-state index in [4.69, 9.17) is 14.2 Å². The van der Waals surface area contributed by atoms with E-state index in [0.717, 1.165) is 5.56 Å². The predicted molar refractivity (Wildman–Crippen MR) is 104 cm³/mol. The Kier molecular flexibility index (Phi) is 6.49. The summed E-state index contributed by atoms with van der Waals surface area (Å²) < 4.78 is 15.6. The van der Waals surface area contributed by atoms with Gasteiger partial charge in [0.05, 0.1) is 26.3 Å². The second-order valence-electron chi connectivity index (χ2n) is 6.46. The molecule has 148 valence electrons. The van der Waals surface area contributed by atoms with E-state index in [-0.39, 0.29) is 18.3 Å². The lowest BCUT2D eigenvalue weighted by Crippen LogP contribution is -2.49. The highest BCUT2D eigenvalue weighted by molar-refractivity contribution is 5.95. The lowest BCUT2D eigenvalue weighted by molar-refractivity contribution is -0.159. The topological polar surface area (TPSA) is 77.1 Å². The molecular weight excluding hydrogens is 360 g/mol. The zero-order chi connectivity index (χ0) is 19.9. The van der Waals surface area contributed by atoms with E-state index in [2.05, 4.69) is 5.32 Å². The molecule has 3 rings (SSSR count). The second kappa shape index (κ2) is 9.23. The van der Waals surface area contributed by atoms with Gasteiger partial charge in [-0.3, -0.25) is 14.5 Å². The molecule has 7 nitrogen and oxygen atoms in total. The molecule has 0 saturated carbocycles. The minimum atomic E-state index is -0.627. The van der Waals surface area contributed by atoms with E-state index >= 15 is 0 Å². The van der Waals surface area contributed by atoms with Crippen LogP contribution in [0.5, 0.6) is 11.5 Å². The Bertz CT molecular complexity index is 825. The number of carbonyl (C=O) groups excluding carboxylic acids is 2. The Morgan fingerprint density at radius 2 is 1.96 bits per heavy atom. The summed E-state index contributed by atoms with van der Waals surface area (Å²) >= 11 is 0. The summed E-state index contributed by atoms with van der Waals surface area (Å²) in [7, 11) is 3.08. The molecule has 0 radical (unpaired) electrons. The van der Waals surface area contributed by atoms with Gasteiger partial charge in [-0.15, -0.1) is 0 Å². The van der Waals surface area contributed by atoms with Crippen LogP contribution in [0.2, 0.25) is 0 Å². The molecule has 1 aliphatic rings. The number of esters is 1. The fraction of sp³-hybridized carbons (Fsp3) is 0.333. The average Bonchev–Trinajstić information content (AvgIpc) is 2.71. The molecule has 1 fully saturated rings. The summed E-state index contributed by atoms with van der Waals surface area (Å²) in [5, 5.41) is 2.81. The second-order valence-corrected chi connectivity index (χ2v) is 6.46. The number of rotatable bonds is 7. The summed E-state index contributed by atoms with van der Waals surface area (Å²) in [4.78, 5) is 26.9. The van der Waals surface area contributed by atoms with Crippen molar-refractivity contribution < 1.29 is 23.8 Å². The van der Waals surface area contributed by atoms with Crippen LogP contribution in [-0.2, 0) is 20.9 Å². The van der Waals surface area contributed by atoms with E-state index < -0.39 is 6.04 Å². The Morgan fingerprint density at radius 3 is 2.68 bits per heavy atom. The van der Waals surface area contributed by atoms with Crippen molar-refractivity contribution in [1.29, 1.82) is 0 Å². The van der Waals surface area contributed by atoms with Crippen LogP contribution in [0.25, 0.3) is 0 Å². The molecule has 1 heterocycles. The van der Waals surface area contributed by atoms with Gasteiger partial charge < -0.3 is 19.5 Å². The summed E-state index contributed by atoms with van der Waals surface area (Å²) in [5.74, 6) is 0.448. The number of methoxy groups -OCH3 is 2. The summed E-state index contributed by atoms with van der Waals surface area (Å²) in [5.41, 5.74) is 1.60. The minimum absolute atomic E-state index is 0.000844. The zero-order valence-electron chi connectivity index (χ0n) is 16.0. The maximum absolute atomic E-state index is 12.6. The molecule has 0 spiro atoms. The van der Waals surface area contributed by atoms with Gasteiger partial charge in [-0.05, 0) is 17.7 Å². The quantitative estimate of drug-likeness (QED) is 0.739. The Morgan fingerprint density at radius 1 is 1.18 bits per heavy atom. The van der Waals surface area contributed by atoms with Crippen LogP contribution in [0.15, 0.2) is 48.5 Å². The Labute approximate surface area is 164 Å². The molecule has 0 aliphatic carbocycles. The number of hydrogen-bond acceptors (Lipinski definition) is 6. The van der Waals surface area contributed by atoms with Gasteiger partial charge in [0.25, 0.3) is 0 Å². The molecule has 1 N–H and O–H groups in total. The number of morpholine rings is 1. The largest absolute Gasteiger partial charge is 0.497 e. The molecule has 1 atom stereocenters. The molecule has 1 aliphatic heterocycles. The molecule has 1 amide bonds. The van der Waals surface area contributed by atoms with Gasteiger partial charge >= 0.3 is 5.97 Å². The van der Waals surface area contributed by atoms with Crippen LogP contribution >= 0.6 is 0 Å². The van der Waals surface area contributed by atoms with Crippen molar-refractivity contribution >= 4 is 17.6 Å². The molecule has 2 aromatic carbocycles. The van der Waals surface area contributed by atoms with Crippen molar-refractivity contribution in [1.82, 2.24) is 4.90 Å². The van der Waals surface area contributed by atoms with E-state index in [0.29, 0.717) is 36.9 Å². The normalized spacial score (nSPS) is 16.9. The highest BCUT2D eigenvalue weighted by atomic mass is 16.5. The number of carbonyl (C=O) groups is 2. The number of benzene rings is 2. The van der Waals surface area contributed by atoms with E-state index in [1.807, 2.05) is 35.2 Å².